The zero-order chi connectivity index (χ0) is 17.5. The number of rotatable bonds is 3. The molecular formula is C16H24N6O2. The van der Waals surface area contributed by atoms with Gasteiger partial charge in [-0.3, -0.25) is 14.6 Å². The summed E-state index contributed by atoms with van der Waals surface area (Å²) >= 11 is 0. The molecule has 0 spiro atoms. The van der Waals surface area contributed by atoms with Gasteiger partial charge in [0, 0.05) is 38.9 Å². The van der Waals surface area contributed by atoms with E-state index < -0.39 is 0 Å². The third-order valence-electron chi connectivity index (χ3n) is 4.48. The lowest BCUT2D eigenvalue weighted by molar-refractivity contribution is 0.0712. The summed E-state index contributed by atoms with van der Waals surface area (Å²) in [6.07, 6.45) is 3.40. The topological polar surface area (TPSA) is 88.9 Å². The second-order valence-electron chi connectivity index (χ2n) is 7.32. The molecular weight excluding hydrogens is 308 g/mol. The van der Waals surface area contributed by atoms with Crippen molar-refractivity contribution in [3.8, 4) is 0 Å². The largest absolute Gasteiger partial charge is 0.379 e. The van der Waals surface area contributed by atoms with Crippen LogP contribution in [0.2, 0.25) is 0 Å². The number of aromatic amines is 1. The Labute approximate surface area is 141 Å². The summed E-state index contributed by atoms with van der Waals surface area (Å²) in [7, 11) is 3.50. The monoisotopic (exact) mass is 332 g/mol. The van der Waals surface area contributed by atoms with Gasteiger partial charge >= 0.3 is 0 Å². The molecule has 130 valence electrons. The maximum Gasteiger partial charge on any atom is 0.257 e. The average Bonchev–Trinajstić information content (AvgIpc) is 3.23. The number of methoxy groups -OCH3 is 1. The van der Waals surface area contributed by atoms with Crippen molar-refractivity contribution < 1.29 is 9.53 Å². The van der Waals surface area contributed by atoms with E-state index in [1.807, 2.05) is 18.1 Å². The zero-order valence-corrected chi connectivity index (χ0v) is 14.8. The van der Waals surface area contributed by atoms with E-state index in [9.17, 15) is 4.79 Å². The molecule has 0 radical (unpaired) electrons. The van der Waals surface area contributed by atoms with Gasteiger partial charge in [0.15, 0.2) is 0 Å². The van der Waals surface area contributed by atoms with Crippen molar-refractivity contribution in [1.82, 2.24) is 30.1 Å². The summed E-state index contributed by atoms with van der Waals surface area (Å²) in [6, 6.07) is 0. The van der Waals surface area contributed by atoms with Crippen LogP contribution >= 0.6 is 0 Å². The lowest BCUT2D eigenvalue weighted by atomic mass is 9.89. The molecule has 2 aromatic heterocycles. The predicted molar refractivity (Wildman–Crippen MR) is 87.7 cm³/mol. The molecule has 1 fully saturated rings. The summed E-state index contributed by atoms with van der Waals surface area (Å²) in [5.41, 5.74) is 2.15. The number of aryl methyl sites for hydroxylation is 1. The number of hydrogen-bond donors (Lipinski definition) is 1. The molecule has 0 aromatic carbocycles. The van der Waals surface area contributed by atoms with E-state index >= 15 is 0 Å². The highest BCUT2D eigenvalue weighted by Crippen LogP contribution is 2.31. The summed E-state index contributed by atoms with van der Waals surface area (Å²) in [5.74, 6) is -0.000229. The quantitative estimate of drug-likeness (QED) is 0.909. The minimum absolute atomic E-state index is 0.0256. The number of nitrogens with one attached hydrogen (secondary N) is 1. The predicted octanol–water partition coefficient (Wildman–Crippen LogP) is 1.09. The van der Waals surface area contributed by atoms with Gasteiger partial charge in [-0.25, -0.2) is 0 Å². The summed E-state index contributed by atoms with van der Waals surface area (Å²) in [5, 5.41) is 15.2. The Bertz CT molecular complexity index is 729. The molecule has 3 heterocycles. The Morgan fingerprint density at radius 2 is 2.12 bits per heavy atom. The fourth-order valence-corrected chi connectivity index (χ4v) is 3.19. The van der Waals surface area contributed by atoms with Crippen molar-refractivity contribution in [2.24, 2.45) is 7.05 Å². The van der Waals surface area contributed by atoms with Crippen LogP contribution in [0.5, 0.6) is 0 Å². The van der Waals surface area contributed by atoms with Crippen LogP contribution in [-0.2, 0) is 17.2 Å². The molecule has 1 N–H and O–H groups in total. The van der Waals surface area contributed by atoms with Gasteiger partial charge in [-0.15, -0.1) is 5.10 Å². The number of amides is 1. The average molecular weight is 332 g/mol. The van der Waals surface area contributed by atoms with Crippen LogP contribution in [0.4, 0.5) is 0 Å². The first-order valence-corrected chi connectivity index (χ1v) is 8.03. The SMILES string of the molecule is CO[C@@H]1CN(C(=O)c2cn[nH]c2C(C)(C)C)C[C@H]1c1cn(C)nn1. The molecule has 1 saturated heterocycles. The Morgan fingerprint density at radius 1 is 1.38 bits per heavy atom. The van der Waals surface area contributed by atoms with E-state index in [1.165, 1.54) is 0 Å². The fourth-order valence-electron chi connectivity index (χ4n) is 3.19. The molecule has 1 aliphatic rings. The minimum atomic E-state index is -0.174. The second-order valence-corrected chi connectivity index (χ2v) is 7.32. The lowest BCUT2D eigenvalue weighted by Gasteiger charge is -2.21. The van der Waals surface area contributed by atoms with Crippen LogP contribution in [-0.4, -0.2) is 62.3 Å². The Morgan fingerprint density at radius 3 is 2.71 bits per heavy atom. The van der Waals surface area contributed by atoms with Crippen molar-refractivity contribution in [3.05, 3.63) is 29.3 Å². The van der Waals surface area contributed by atoms with Crippen LogP contribution in [0.1, 0.15) is 48.4 Å². The molecule has 2 aromatic rings. The van der Waals surface area contributed by atoms with Crippen LogP contribution < -0.4 is 0 Å². The molecule has 1 amide bonds. The summed E-state index contributed by atoms with van der Waals surface area (Å²) in [6.45, 7) is 7.26. The molecule has 8 nitrogen and oxygen atoms in total. The first kappa shape index (κ1) is 16.6. The molecule has 3 rings (SSSR count). The molecule has 24 heavy (non-hydrogen) atoms. The second kappa shape index (κ2) is 6.01. The maximum absolute atomic E-state index is 13.0. The minimum Gasteiger partial charge on any atom is -0.379 e. The number of carbonyl (C=O) groups excluding carboxylic acids is 1. The Balaban J connectivity index is 1.84. The molecule has 0 unspecified atom stereocenters. The van der Waals surface area contributed by atoms with Crippen molar-refractivity contribution in [2.45, 2.75) is 38.2 Å². The zero-order valence-electron chi connectivity index (χ0n) is 14.8. The number of aromatic nitrogens is 5. The number of hydrogen-bond acceptors (Lipinski definition) is 5. The van der Waals surface area contributed by atoms with Crippen molar-refractivity contribution in [2.75, 3.05) is 20.2 Å². The van der Waals surface area contributed by atoms with E-state index in [2.05, 4.69) is 41.3 Å². The highest BCUT2D eigenvalue weighted by Gasteiger charge is 2.39. The van der Waals surface area contributed by atoms with Crippen molar-refractivity contribution in [3.63, 3.8) is 0 Å². The molecule has 0 bridgehead atoms. The van der Waals surface area contributed by atoms with Gasteiger partial charge in [0.25, 0.3) is 5.91 Å². The maximum atomic E-state index is 13.0. The van der Waals surface area contributed by atoms with Gasteiger partial charge in [0.2, 0.25) is 0 Å². The lowest BCUT2D eigenvalue weighted by Crippen LogP contribution is -2.31. The summed E-state index contributed by atoms with van der Waals surface area (Å²) < 4.78 is 7.26. The van der Waals surface area contributed by atoms with Gasteiger partial charge in [-0.1, -0.05) is 26.0 Å². The highest BCUT2D eigenvalue weighted by atomic mass is 16.5. The van der Waals surface area contributed by atoms with Crippen LogP contribution in [0, 0.1) is 0 Å². The standard InChI is InChI=1S/C16H24N6O2/c1-16(2,3)14-10(6-17-19-14)15(23)22-7-11(13(9-22)24-5)12-8-21(4)20-18-12/h6,8,11,13H,7,9H2,1-5H3,(H,17,19)/t11-,13+/m0/s1. The van der Waals surface area contributed by atoms with E-state index in [0.717, 1.165) is 11.4 Å². The Hall–Kier alpha value is -2.22. The molecule has 0 aliphatic carbocycles. The number of nitrogens with zero attached hydrogens (tertiary/aromatic N) is 5. The van der Waals surface area contributed by atoms with Gasteiger partial charge in [-0.05, 0) is 0 Å². The number of likely N-dealkylation sites (tertiary alicyclic amines) is 1. The van der Waals surface area contributed by atoms with Gasteiger partial charge in [0.05, 0.1) is 35.2 Å². The van der Waals surface area contributed by atoms with Gasteiger partial charge in [-0.2, -0.15) is 5.10 Å². The molecule has 1 aliphatic heterocycles. The van der Waals surface area contributed by atoms with E-state index in [0.29, 0.717) is 18.7 Å². The smallest absolute Gasteiger partial charge is 0.257 e. The van der Waals surface area contributed by atoms with Crippen LogP contribution in [0.3, 0.4) is 0 Å². The molecule has 0 saturated carbocycles. The van der Waals surface area contributed by atoms with Crippen molar-refractivity contribution in [1.29, 1.82) is 0 Å². The molecule has 8 heteroatoms. The molecule has 2 atom stereocenters. The van der Waals surface area contributed by atoms with Crippen LogP contribution in [0.25, 0.3) is 0 Å². The van der Waals surface area contributed by atoms with E-state index in [1.54, 1.807) is 18.0 Å². The Kier molecular flexibility index (Phi) is 4.16. The van der Waals surface area contributed by atoms with Crippen molar-refractivity contribution >= 4 is 5.91 Å². The van der Waals surface area contributed by atoms with Gasteiger partial charge < -0.3 is 9.64 Å². The van der Waals surface area contributed by atoms with Crippen LogP contribution in [0.15, 0.2) is 12.4 Å². The fraction of sp³-hybridized carbons (Fsp3) is 0.625. The first-order chi connectivity index (χ1) is 11.3. The first-order valence-electron chi connectivity index (χ1n) is 8.03. The van der Waals surface area contributed by atoms with E-state index in [-0.39, 0.29) is 23.3 Å². The number of ether oxygens (including phenoxy) is 1. The van der Waals surface area contributed by atoms with E-state index in [4.69, 9.17) is 4.74 Å². The third-order valence-corrected chi connectivity index (χ3v) is 4.48. The number of H-pyrrole nitrogens is 1. The normalized spacial score (nSPS) is 21.5. The third kappa shape index (κ3) is 2.93. The number of carbonyl (C=O) groups is 1. The summed E-state index contributed by atoms with van der Waals surface area (Å²) in [4.78, 5) is 14.8. The van der Waals surface area contributed by atoms with Gasteiger partial charge in [0.1, 0.15) is 0 Å². The highest BCUT2D eigenvalue weighted by molar-refractivity contribution is 5.95.